The molecule has 0 aromatic heterocycles. The monoisotopic (exact) mass is 452 g/mol. The van der Waals surface area contributed by atoms with Crippen LogP contribution in [-0.4, -0.2) is 17.0 Å². The maximum Gasteiger partial charge on any atom is 0.311 e. The summed E-state index contributed by atoms with van der Waals surface area (Å²) in [4.78, 5) is 22.9. The van der Waals surface area contributed by atoms with Crippen molar-refractivity contribution in [3.63, 3.8) is 0 Å². The molecule has 34 heavy (non-hydrogen) atoms. The zero-order valence-corrected chi connectivity index (χ0v) is 18.9. The fraction of sp³-hybridized carbons (Fsp3) is 0.133. The fourth-order valence-corrected chi connectivity index (χ4v) is 3.43. The van der Waals surface area contributed by atoms with Gasteiger partial charge in [-0.15, -0.1) is 0 Å². The van der Waals surface area contributed by atoms with Crippen molar-refractivity contribution in [1.29, 1.82) is 0 Å². The smallest absolute Gasteiger partial charge is 0.311 e. The molecular formula is C30H28O4. The average Bonchev–Trinajstić information content (AvgIpc) is 2.89. The van der Waals surface area contributed by atoms with Crippen molar-refractivity contribution < 1.29 is 19.4 Å². The van der Waals surface area contributed by atoms with Crippen molar-refractivity contribution in [3.05, 3.63) is 144 Å². The number of ether oxygens (including phenoxy) is 1. The van der Waals surface area contributed by atoms with Crippen LogP contribution in [0.2, 0.25) is 0 Å². The molecule has 4 aromatic rings. The van der Waals surface area contributed by atoms with E-state index in [4.69, 9.17) is 4.74 Å². The zero-order chi connectivity index (χ0) is 24.0. The van der Waals surface area contributed by atoms with E-state index in [1.54, 1.807) is 0 Å². The lowest BCUT2D eigenvalue weighted by molar-refractivity contribution is -0.144. The summed E-state index contributed by atoms with van der Waals surface area (Å²) in [6.45, 7) is 0.340. The lowest BCUT2D eigenvalue weighted by atomic mass is 9.92. The first-order chi connectivity index (χ1) is 16.6. The summed E-state index contributed by atoms with van der Waals surface area (Å²) in [5, 5.41) is 9.29. The van der Waals surface area contributed by atoms with E-state index in [0.29, 0.717) is 19.4 Å². The first-order valence-electron chi connectivity index (χ1n) is 11.2. The summed E-state index contributed by atoms with van der Waals surface area (Å²) in [5.41, 5.74) is 3.88. The van der Waals surface area contributed by atoms with E-state index < -0.39 is 11.9 Å². The summed E-state index contributed by atoms with van der Waals surface area (Å²) < 4.78 is 5.19. The number of benzene rings is 4. The molecule has 1 unspecified atom stereocenters. The van der Waals surface area contributed by atoms with Crippen LogP contribution in [0.4, 0.5) is 0 Å². The number of carbonyl (C=O) groups excluding carboxylic acids is 1. The molecule has 4 rings (SSSR count). The molecule has 4 heteroatoms. The number of carbonyl (C=O) groups is 2. The van der Waals surface area contributed by atoms with Crippen molar-refractivity contribution in [2.24, 2.45) is 0 Å². The Morgan fingerprint density at radius 2 is 1.06 bits per heavy atom. The van der Waals surface area contributed by atoms with E-state index in [9.17, 15) is 14.7 Å². The summed E-state index contributed by atoms with van der Waals surface area (Å²) in [7, 11) is 0. The molecule has 1 atom stereocenters. The van der Waals surface area contributed by atoms with Gasteiger partial charge in [-0.25, -0.2) is 0 Å². The minimum atomic E-state index is -0.778. The van der Waals surface area contributed by atoms with Gasteiger partial charge in [0.1, 0.15) is 6.61 Å². The van der Waals surface area contributed by atoms with E-state index in [2.05, 4.69) is 0 Å². The Bertz CT molecular complexity index is 1130. The standard InChI is InChI=1S/2C15H14O2/c16-15(11-13-7-3-1-4-8-13)17-12-14-9-5-2-6-10-14;16-15(17)14(13-9-5-2-6-10-13)11-12-7-3-1-4-8-12/h1-10H,11-12H2;1-10,14H,11H2,(H,16,17). The molecule has 0 aliphatic carbocycles. The Hall–Kier alpha value is -4.18. The maximum atomic E-state index is 11.6. The van der Waals surface area contributed by atoms with Gasteiger partial charge in [-0.3, -0.25) is 9.59 Å². The van der Waals surface area contributed by atoms with Gasteiger partial charge in [0.2, 0.25) is 0 Å². The third-order valence-electron chi connectivity index (χ3n) is 5.22. The second kappa shape index (κ2) is 13.4. The van der Waals surface area contributed by atoms with Crippen LogP contribution >= 0.6 is 0 Å². The number of carboxylic acids is 1. The molecule has 1 N–H and O–H groups in total. The highest BCUT2D eigenvalue weighted by Crippen LogP contribution is 2.21. The summed E-state index contributed by atoms with van der Waals surface area (Å²) in [6, 6.07) is 38.4. The molecule has 4 aromatic carbocycles. The first-order valence-corrected chi connectivity index (χ1v) is 11.2. The topological polar surface area (TPSA) is 63.6 Å². The SMILES string of the molecule is O=C(Cc1ccccc1)OCc1ccccc1.O=C(O)C(Cc1ccccc1)c1ccccc1. The molecule has 0 aliphatic heterocycles. The minimum absolute atomic E-state index is 0.194. The number of rotatable bonds is 8. The van der Waals surface area contributed by atoms with Gasteiger partial charge in [-0.2, -0.15) is 0 Å². The van der Waals surface area contributed by atoms with Gasteiger partial charge in [0.25, 0.3) is 0 Å². The van der Waals surface area contributed by atoms with Crippen LogP contribution in [0.15, 0.2) is 121 Å². The Morgan fingerprint density at radius 1 is 0.618 bits per heavy atom. The predicted octanol–water partition coefficient (Wildman–Crippen LogP) is 6.07. The predicted molar refractivity (Wildman–Crippen MR) is 133 cm³/mol. The summed E-state index contributed by atoms with van der Waals surface area (Å²) in [5.74, 6) is -1.45. The van der Waals surface area contributed by atoms with Crippen LogP contribution < -0.4 is 0 Å². The molecule has 0 heterocycles. The van der Waals surface area contributed by atoms with Crippen LogP contribution in [0.25, 0.3) is 0 Å². The molecule has 0 spiro atoms. The van der Waals surface area contributed by atoms with Crippen molar-refractivity contribution >= 4 is 11.9 Å². The van der Waals surface area contributed by atoms with Gasteiger partial charge in [-0.05, 0) is 28.7 Å². The second-order valence-corrected chi connectivity index (χ2v) is 7.80. The highest BCUT2D eigenvalue weighted by Gasteiger charge is 2.19. The highest BCUT2D eigenvalue weighted by atomic mass is 16.5. The molecule has 0 bridgehead atoms. The fourth-order valence-electron chi connectivity index (χ4n) is 3.43. The number of aliphatic carboxylic acids is 1. The van der Waals surface area contributed by atoms with Crippen LogP contribution in [-0.2, 0) is 33.8 Å². The molecule has 4 nitrogen and oxygen atoms in total. The Morgan fingerprint density at radius 3 is 1.56 bits per heavy atom. The van der Waals surface area contributed by atoms with Crippen molar-refractivity contribution in [2.45, 2.75) is 25.4 Å². The molecule has 0 saturated heterocycles. The van der Waals surface area contributed by atoms with Gasteiger partial charge in [0.05, 0.1) is 12.3 Å². The second-order valence-electron chi connectivity index (χ2n) is 7.80. The van der Waals surface area contributed by atoms with E-state index in [-0.39, 0.29) is 5.97 Å². The number of carboxylic acid groups (broad SMARTS) is 1. The largest absolute Gasteiger partial charge is 0.481 e. The summed E-state index contributed by atoms with van der Waals surface area (Å²) >= 11 is 0. The minimum Gasteiger partial charge on any atom is -0.481 e. The molecule has 0 radical (unpaired) electrons. The van der Waals surface area contributed by atoms with Gasteiger partial charge in [-0.1, -0.05) is 121 Å². The molecule has 172 valence electrons. The van der Waals surface area contributed by atoms with E-state index in [0.717, 1.165) is 22.3 Å². The van der Waals surface area contributed by atoms with E-state index in [1.165, 1.54) is 0 Å². The number of esters is 1. The van der Waals surface area contributed by atoms with Crippen molar-refractivity contribution in [3.8, 4) is 0 Å². The molecule has 0 fully saturated rings. The quantitative estimate of drug-likeness (QED) is 0.330. The maximum absolute atomic E-state index is 11.6. The zero-order valence-electron chi connectivity index (χ0n) is 18.9. The van der Waals surface area contributed by atoms with E-state index in [1.807, 2.05) is 121 Å². The van der Waals surface area contributed by atoms with Gasteiger partial charge >= 0.3 is 11.9 Å². The lowest BCUT2D eigenvalue weighted by Gasteiger charge is -2.12. The Labute approximate surface area is 200 Å². The molecule has 0 amide bonds. The Balaban J connectivity index is 0.000000191. The molecular weight excluding hydrogens is 424 g/mol. The van der Waals surface area contributed by atoms with Gasteiger partial charge in [0.15, 0.2) is 0 Å². The third-order valence-corrected chi connectivity index (χ3v) is 5.22. The van der Waals surface area contributed by atoms with E-state index >= 15 is 0 Å². The molecule has 0 aliphatic rings. The van der Waals surface area contributed by atoms with Gasteiger partial charge < -0.3 is 9.84 Å². The highest BCUT2D eigenvalue weighted by molar-refractivity contribution is 5.76. The first kappa shape index (κ1) is 24.5. The van der Waals surface area contributed by atoms with Crippen molar-refractivity contribution in [2.75, 3.05) is 0 Å². The van der Waals surface area contributed by atoms with Crippen LogP contribution in [0.5, 0.6) is 0 Å². The summed E-state index contributed by atoms with van der Waals surface area (Å²) in [6.07, 6.45) is 0.855. The van der Waals surface area contributed by atoms with Crippen LogP contribution in [0.1, 0.15) is 28.2 Å². The Kier molecular flexibility index (Phi) is 9.63. The van der Waals surface area contributed by atoms with Gasteiger partial charge in [0, 0.05) is 0 Å². The van der Waals surface area contributed by atoms with Crippen LogP contribution in [0, 0.1) is 0 Å². The third kappa shape index (κ3) is 8.40. The van der Waals surface area contributed by atoms with Crippen LogP contribution in [0.3, 0.4) is 0 Å². The number of hydrogen-bond donors (Lipinski definition) is 1. The average molecular weight is 453 g/mol. The van der Waals surface area contributed by atoms with Crippen molar-refractivity contribution in [1.82, 2.24) is 0 Å². The molecule has 0 saturated carbocycles. The normalized spacial score (nSPS) is 10.9. The number of hydrogen-bond acceptors (Lipinski definition) is 3. The lowest BCUT2D eigenvalue weighted by Crippen LogP contribution is -2.14.